The molecule has 0 fully saturated rings. The summed E-state index contributed by atoms with van der Waals surface area (Å²) in [4.78, 5) is 4.41. The highest BCUT2D eigenvalue weighted by Crippen LogP contribution is 2.21. The third-order valence-corrected chi connectivity index (χ3v) is 2.63. The Morgan fingerprint density at radius 1 is 1.50 bits per heavy atom. The largest absolute Gasteiger partial charge is 0.489 e. The van der Waals surface area contributed by atoms with Gasteiger partial charge in [0, 0.05) is 11.0 Å². The van der Waals surface area contributed by atoms with Gasteiger partial charge in [-0.1, -0.05) is 22.9 Å². The van der Waals surface area contributed by atoms with Crippen molar-refractivity contribution >= 4 is 15.9 Å². The zero-order valence-corrected chi connectivity index (χ0v) is 10.5. The van der Waals surface area contributed by atoms with Crippen LogP contribution in [-0.4, -0.2) is 11.1 Å². The molecule has 0 aliphatic carbocycles. The highest BCUT2D eigenvalue weighted by molar-refractivity contribution is 9.08. The van der Waals surface area contributed by atoms with Crippen LogP contribution in [0.5, 0.6) is 5.75 Å². The molecular formula is C11H16BrNO. The fourth-order valence-electron chi connectivity index (χ4n) is 1.10. The maximum absolute atomic E-state index is 5.75. The zero-order chi connectivity index (χ0) is 10.6. The molecule has 0 saturated carbocycles. The van der Waals surface area contributed by atoms with Crippen molar-refractivity contribution in [3.05, 3.63) is 23.5 Å². The minimum absolute atomic E-state index is 0.248. The molecule has 1 aromatic rings. The van der Waals surface area contributed by atoms with Crippen LogP contribution in [0, 0.1) is 6.92 Å². The lowest BCUT2D eigenvalue weighted by molar-refractivity contribution is 0.215. The monoisotopic (exact) mass is 257 g/mol. The molecule has 1 heterocycles. The molecule has 3 heteroatoms. The molecule has 1 unspecified atom stereocenters. The first kappa shape index (κ1) is 11.5. The van der Waals surface area contributed by atoms with Crippen LogP contribution in [0.25, 0.3) is 0 Å². The third-order valence-electron chi connectivity index (χ3n) is 2.10. The molecule has 0 radical (unpaired) electrons. The van der Waals surface area contributed by atoms with E-state index in [1.165, 1.54) is 0 Å². The number of pyridine rings is 1. The summed E-state index contributed by atoms with van der Waals surface area (Å²) < 4.78 is 5.75. The first-order valence-electron chi connectivity index (χ1n) is 4.86. The van der Waals surface area contributed by atoms with E-state index in [1.807, 2.05) is 19.1 Å². The van der Waals surface area contributed by atoms with E-state index in [9.17, 15) is 0 Å². The number of aromatic nitrogens is 1. The maximum Gasteiger partial charge on any atom is 0.142 e. The number of hydrogen-bond donors (Lipinski definition) is 0. The number of aryl methyl sites for hydroxylation is 1. The summed E-state index contributed by atoms with van der Waals surface area (Å²) in [5.74, 6) is 0.891. The Labute approximate surface area is 93.8 Å². The van der Waals surface area contributed by atoms with Crippen molar-refractivity contribution in [1.29, 1.82) is 0 Å². The SMILES string of the molecule is CCC(C)Oc1ccc(C)nc1CBr. The summed E-state index contributed by atoms with van der Waals surface area (Å²) in [5, 5.41) is 0.737. The average Bonchev–Trinajstić information content (AvgIpc) is 2.20. The Morgan fingerprint density at radius 2 is 2.21 bits per heavy atom. The molecular weight excluding hydrogens is 242 g/mol. The molecule has 1 rings (SSSR count). The van der Waals surface area contributed by atoms with Crippen molar-refractivity contribution in [2.24, 2.45) is 0 Å². The summed E-state index contributed by atoms with van der Waals surface area (Å²) in [5.41, 5.74) is 2.00. The van der Waals surface area contributed by atoms with Crippen LogP contribution in [0.15, 0.2) is 12.1 Å². The number of alkyl halides is 1. The lowest BCUT2D eigenvalue weighted by Gasteiger charge is -2.14. The Hall–Kier alpha value is -0.570. The Balaban J connectivity index is 2.85. The van der Waals surface area contributed by atoms with Crippen LogP contribution in [-0.2, 0) is 5.33 Å². The van der Waals surface area contributed by atoms with Crippen molar-refractivity contribution in [2.45, 2.75) is 38.6 Å². The van der Waals surface area contributed by atoms with Gasteiger partial charge in [0.15, 0.2) is 0 Å². The highest BCUT2D eigenvalue weighted by Gasteiger charge is 2.07. The molecule has 14 heavy (non-hydrogen) atoms. The molecule has 1 aromatic heterocycles. The number of rotatable bonds is 4. The fraction of sp³-hybridized carbons (Fsp3) is 0.545. The van der Waals surface area contributed by atoms with E-state index in [0.29, 0.717) is 0 Å². The normalized spacial score (nSPS) is 12.6. The topological polar surface area (TPSA) is 22.1 Å². The summed E-state index contributed by atoms with van der Waals surface area (Å²) in [6.45, 7) is 6.16. The van der Waals surface area contributed by atoms with Gasteiger partial charge in [-0.3, -0.25) is 4.98 Å². The first-order chi connectivity index (χ1) is 6.67. The van der Waals surface area contributed by atoms with Crippen LogP contribution in [0.2, 0.25) is 0 Å². The molecule has 78 valence electrons. The fourth-order valence-corrected chi connectivity index (χ4v) is 1.50. The van der Waals surface area contributed by atoms with Crippen LogP contribution in [0.1, 0.15) is 31.7 Å². The smallest absolute Gasteiger partial charge is 0.142 e. The van der Waals surface area contributed by atoms with E-state index in [0.717, 1.165) is 28.9 Å². The molecule has 0 aliphatic heterocycles. The average molecular weight is 258 g/mol. The number of hydrogen-bond acceptors (Lipinski definition) is 2. The second-order valence-electron chi connectivity index (χ2n) is 3.37. The van der Waals surface area contributed by atoms with Gasteiger partial charge < -0.3 is 4.74 Å². The van der Waals surface area contributed by atoms with Gasteiger partial charge in [-0.25, -0.2) is 0 Å². The van der Waals surface area contributed by atoms with Gasteiger partial charge in [0.05, 0.1) is 11.8 Å². The molecule has 0 aromatic carbocycles. The van der Waals surface area contributed by atoms with Gasteiger partial charge in [0.1, 0.15) is 5.75 Å². The molecule has 0 N–H and O–H groups in total. The predicted octanol–water partition coefficient (Wildman–Crippen LogP) is 3.46. The predicted molar refractivity (Wildman–Crippen MR) is 62.0 cm³/mol. The van der Waals surface area contributed by atoms with Crippen molar-refractivity contribution in [3.63, 3.8) is 0 Å². The zero-order valence-electron chi connectivity index (χ0n) is 8.88. The van der Waals surface area contributed by atoms with E-state index in [-0.39, 0.29) is 6.10 Å². The van der Waals surface area contributed by atoms with Gasteiger partial charge >= 0.3 is 0 Å². The number of nitrogens with zero attached hydrogens (tertiary/aromatic N) is 1. The standard InChI is InChI=1S/C11H16BrNO/c1-4-9(3)14-11-6-5-8(2)13-10(11)7-12/h5-6,9H,4,7H2,1-3H3. The van der Waals surface area contributed by atoms with Gasteiger partial charge in [0.2, 0.25) is 0 Å². The van der Waals surface area contributed by atoms with E-state index >= 15 is 0 Å². The molecule has 0 spiro atoms. The number of halogens is 1. The van der Waals surface area contributed by atoms with Crippen LogP contribution in [0.4, 0.5) is 0 Å². The molecule has 0 aliphatic rings. The first-order valence-corrected chi connectivity index (χ1v) is 5.98. The highest BCUT2D eigenvalue weighted by atomic mass is 79.9. The molecule has 0 saturated heterocycles. The van der Waals surface area contributed by atoms with E-state index < -0.39 is 0 Å². The summed E-state index contributed by atoms with van der Waals surface area (Å²) in [7, 11) is 0. The second kappa shape index (κ2) is 5.35. The van der Waals surface area contributed by atoms with Crippen molar-refractivity contribution in [1.82, 2.24) is 4.98 Å². The molecule has 1 atom stereocenters. The summed E-state index contributed by atoms with van der Waals surface area (Å²) in [6.07, 6.45) is 1.26. The van der Waals surface area contributed by atoms with Gasteiger partial charge in [-0.2, -0.15) is 0 Å². The Bertz CT molecular complexity index is 301. The van der Waals surface area contributed by atoms with Gasteiger partial charge in [0.25, 0.3) is 0 Å². The van der Waals surface area contributed by atoms with E-state index in [1.54, 1.807) is 0 Å². The van der Waals surface area contributed by atoms with Crippen LogP contribution < -0.4 is 4.74 Å². The van der Waals surface area contributed by atoms with Crippen LogP contribution in [0.3, 0.4) is 0 Å². The number of ether oxygens (including phenoxy) is 1. The van der Waals surface area contributed by atoms with E-state index in [2.05, 4.69) is 34.8 Å². The Kier molecular flexibility index (Phi) is 4.39. The molecule has 0 amide bonds. The molecule has 2 nitrogen and oxygen atoms in total. The quantitative estimate of drug-likeness (QED) is 0.771. The van der Waals surface area contributed by atoms with Crippen LogP contribution >= 0.6 is 15.9 Å². The van der Waals surface area contributed by atoms with Crippen molar-refractivity contribution < 1.29 is 4.74 Å². The van der Waals surface area contributed by atoms with Crippen molar-refractivity contribution in [3.8, 4) is 5.75 Å². The lowest BCUT2D eigenvalue weighted by Crippen LogP contribution is -2.11. The Morgan fingerprint density at radius 3 is 2.79 bits per heavy atom. The van der Waals surface area contributed by atoms with Gasteiger partial charge in [-0.15, -0.1) is 0 Å². The van der Waals surface area contributed by atoms with Gasteiger partial charge in [-0.05, 0) is 32.4 Å². The lowest BCUT2D eigenvalue weighted by atomic mass is 10.3. The second-order valence-corrected chi connectivity index (χ2v) is 3.93. The van der Waals surface area contributed by atoms with Crippen molar-refractivity contribution in [2.75, 3.05) is 0 Å². The summed E-state index contributed by atoms with van der Waals surface area (Å²) >= 11 is 3.41. The van der Waals surface area contributed by atoms with E-state index in [4.69, 9.17) is 4.74 Å². The maximum atomic E-state index is 5.75. The third kappa shape index (κ3) is 2.98. The minimum Gasteiger partial charge on any atom is -0.489 e. The summed E-state index contributed by atoms with van der Waals surface area (Å²) in [6, 6.07) is 3.97. The molecule has 0 bridgehead atoms. The minimum atomic E-state index is 0.248.